The Balaban J connectivity index is 2.51. The summed E-state index contributed by atoms with van der Waals surface area (Å²) in [4.78, 5) is 12.2. The minimum absolute atomic E-state index is 0.00675. The average Bonchev–Trinajstić information content (AvgIpc) is 2.54. The molecule has 0 spiro atoms. The zero-order chi connectivity index (χ0) is 17.2. The van der Waals surface area contributed by atoms with Crippen molar-refractivity contribution in [3.05, 3.63) is 58.4 Å². The molecule has 0 unspecified atom stereocenters. The first-order chi connectivity index (χ1) is 10.8. The number of carbonyl (C=O) groups excluding carboxylic acids is 1. The summed E-state index contributed by atoms with van der Waals surface area (Å²) in [7, 11) is -1.23. The third-order valence-corrected chi connectivity index (χ3v) is 5.07. The summed E-state index contributed by atoms with van der Waals surface area (Å²) in [5, 5.41) is -0.0360. The molecule has 122 valence electrons. The molecule has 2 aromatic rings. The molecule has 2 rings (SSSR count). The fourth-order valence-corrected chi connectivity index (χ4v) is 3.17. The lowest BCUT2D eigenvalue weighted by Gasteiger charge is -2.09. The molecule has 8 heteroatoms. The highest BCUT2D eigenvalue weighted by atomic mass is 35.5. The highest BCUT2D eigenvalue weighted by Gasteiger charge is 2.20. The summed E-state index contributed by atoms with van der Waals surface area (Å²) in [6.45, 7) is 0. The van der Waals surface area contributed by atoms with Gasteiger partial charge >= 0.3 is 0 Å². The minimum atomic E-state index is -3.84. The lowest BCUT2D eigenvalue weighted by atomic mass is 10.0. The SMILES string of the molecule is CNS(=O)(=O)c1cc(C(=O)c2ccc(OC)cc2F)ccc1Cl. The van der Waals surface area contributed by atoms with E-state index in [1.165, 1.54) is 38.4 Å². The Bertz CT molecular complexity index is 868. The summed E-state index contributed by atoms with van der Waals surface area (Å²) in [6.07, 6.45) is 0. The fraction of sp³-hybridized carbons (Fsp3) is 0.133. The number of nitrogens with one attached hydrogen (secondary N) is 1. The van der Waals surface area contributed by atoms with Crippen LogP contribution in [0.2, 0.25) is 5.02 Å². The Morgan fingerprint density at radius 2 is 1.91 bits per heavy atom. The number of hydrogen-bond acceptors (Lipinski definition) is 4. The number of hydrogen-bond donors (Lipinski definition) is 1. The molecule has 0 aliphatic carbocycles. The Morgan fingerprint density at radius 3 is 2.48 bits per heavy atom. The normalized spacial score (nSPS) is 11.3. The van der Waals surface area contributed by atoms with Crippen molar-refractivity contribution in [2.24, 2.45) is 0 Å². The number of sulfonamides is 1. The van der Waals surface area contributed by atoms with E-state index < -0.39 is 21.6 Å². The maximum atomic E-state index is 14.0. The Morgan fingerprint density at radius 1 is 1.22 bits per heavy atom. The van der Waals surface area contributed by atoms with Crippen molar-refractivity contribution in [1.29, 1.82) is 0 Å². The molecule has 23 heavy (non-hydrogen) atoms. The molecule has 0 saturated heterocycles. The summed E-state index contributed by atoms with van der Waals surface area (Å²) in [6, 6.07) is 7.52. The molecule has 0 amide bonds. The van der Waals surface area contributed by atoms with Gasteiger partial charge in [-0.3, -0.25) is 4.79 Å². The van der Waals surface area contributed by atoms with Gasteiger partial charge in [-0.05, 0) is 37.4 Å². The quantitative estimate of drug-likeness (QED) is 0.835. The molecule has 1 N–H and O–H groups in total. The zero-order valence-corrected chi connectivity index (χ0v) is 13.8. The van der Waals surface area contributed by atoms with Crippen LogP contribution in [0.3, 0.4) is 0 Å². The van der Waals surface area contributed by atoms with Gasteiger partial charge in [0.1, 0.15) is 16.5 Å². The van der Waals surface area contributed by atoms with E-state index in [9.17, 15) is 17.6 Å². The second-order valence-electron chi connectivity index (χ2n) is 4.53. The van der Waals surface area contributed by atoms with Gasteiger partial charge in [0.15, 0.2) is 5.78 Å². The number of benzene rings is 2. The van der Waals surface area contributed by atoms with Crippen molar-refractivity contribution < 1.29 is 22.3 Å². The van der Waals surface area contributed by atoms with Crippen molar-refractivity contribution in [3.63, 3.8) is 0 Å². The van der Waals surface area contributed by atoms with Gasteiger partial charge in [0, 0.05) is 11.6 Å². The van der Waals surface area contributed by atoms with Crippen LogP contribution in [-0.2, 0) is 10.0 Å². The highest BCUT2D eigenvalue weighted by Crippen LogP contribution is 2.25. The topological polar surface area (TPSA) is 72.5 Å². The van der Waals surface area contributed by atoms with Crippen molar-refractivity contribution in [1.82, 2.24) is 4.72 Å². The molecule has 5 nitrogen and oxygen atoms in total. The van der Waals surface area contributed by atoms with E-state index >= 15 is 0 Å². The smallest absolute Gasteiger partial charge is 0.241 e. The first-order valence-corrected chi connectivity index (χ1v) is 8.27. The lowest BCUT2D eigenvalue weighted by Crippen LogP contribution is -2.19. The van der Waals surface area contributed by atoms with Gasteiger partial charge in [-0.25, -0.2) is 17.5 Å². The van der Waals surface area contributed by atoms with E-state index in [1.807, 2.05) is 0 Å². The number of methoxy groups -OCH3 is 1. The van der Waals surface area contributed by atoms with Crippen molar-refractivity contribution >= 4 is 27.4 Å². The molecule has 0 saturated carbocycles. The van der Waals surface area contributed by atoms with Crippen LogP contribution in [0.15, 0.2) is 41.3 Å². The Labute approximate surface area is 138 Å². The number of rotatable bonds is 5. The Kier molecular flexibility index (Phi) is 5.03. The van der Waals surface area contributed by atoms with Crippen molar-refractivity contribution in [3.8, 4) is 5.75 Å². The van der Waals surface area contributed by atoms with Gasteiger partial charge in [-0.15, -0.1) is 0 Å². The van der Waals surface area contributed by atoms with Crippen LogP contribution >= 0.6 is 11.6 Å². The molecule has 0 fully saturated rings. The van der Waals surface area contributed by atoms with E-state index in [1.54, 1.807) is 0 Å². The molecule has 0 aliphatic rings. The summed E-state index contributed by atoms with van der Waals surface area (Å²) < 4.78 is 44.8. The van der Waals surface area contributed by atoms with E-state index in [-0.39, 0.29) is 26.8 Å². The van der Waals surface area contributed by atoms with Crippen LogP contribution in [0.25, 0.3) is 0 Å². The highest BCUT2D eigenvalue weighted by molar-refractivity contribution is 7.89. The fourth-order valence-electron chi connectivity index (χ4n) is 1.92. The Hall–Kier alpha value is -1.96. The van der Waals surface area contributed by atoms with Crippen LogP contribution in [0.5, 0.6) is 5.75 Å². The average molecular weight is 358 g/mol. The molecule has 0 heterocycles. The molecule has 0 radical (unpaired) electrons. The van der Waals surface area contributed by atoms with Gasteiger partial charge in [0.2, 0.25) is 10.0 Å². The van der Waals surface area contributed by atoms with E-state index in [0.717, 1.165) is 12.1 Å². The van der Waals surface area contributed by atoms with Gasteiger partial charge in [0.05, 0.1) is 17.7 Å². The van der Waals surface area contributed by atoms with Crippen LogP contribution in [0.4, 0.5) is 4.39 Å². The maximum Gasteiger partial charge on any atom is 0.241 e. The summed E-state index contributed by atoms with van der Waals surface area (Å²) in [5.41, 5.74) is -0.187. The predicted molar refractivity (Wildman–Crippen MR) is 84.1 cm³/mol. The molecule has 0 atom stereocenters. The van der Waals surface area contributed by atoms with E-state index in [4.69, 9.17) is 16.3 Å². The standard InChI is InChI=1S/C15H13ClFNO4S/c1-18-23(20,21)14-7-9(3-6-12(14)16)15(19)11-5-4-10(22-2)8-13(11)17/h3-8,18H,1-2H3. The van der Waals surface area contributed by atoms with Crippen LogP contribution < -0.4 is 9.46 Å². The third kappa shape index (κ3) is 3.52. The molecule has 0 aliphatic heterocycles. The van der Waals surface area contributed by atoms with E-state index in [0.29, 0.717) is 0 Å². The van der Waals surface area contributed by atoms with Gasteiger partial charge in [-0.2, -0.15) is 0 Å². The predicted octanol–water partition coefficient (Wildman–Crippen LogP) is 2.63. The van der Waals surface area contributed by atoms with Crippen molar-refractivity contribution in [2.45, 2.75) is 4.90 Å². The molecule has 2 aromatic carbocycles. The van der Waals surface area contributed by atoms with Crippen LogP contribution in [-0.4, -0.2) is 28.4 Å². The number of ether oxygens (including phenoxy) is 1. The minimum Gasteiger partial charge on any atom is -0.497 e. The second-order valence-corrected chi connectivity index (χ2v) is 6.79. The van der Waals surface area contributed by atoms with Crippen molar-refractivity contribution in [2.75, 3.05) is 14.2 Å². The first kappa shape index (κ1) is 17.4. The largest absolute Gasteiger partial charge is 0.497 e. The zero-order valence-electron chi connectivity index (χ0n) is 12.3. The lowest BCUT2D eigenvalue weighted by molar-refractivity contribution is 0.103. The molecule has 0 aromatic heterocycles. The van der Waals surface area contributed by atoms with Crippen LogP contribution in [0, 0.1) is 5.82 Å². The monoisotopic (exact) mass is 357 g/mol. The third-order valence-electron chi connectivity index (χ3n) is 3.17. The summed E-state index contributed by atoms with van der Waals surface area (Å²) >= 11 is 5.86. The van der Waals surface area contributed by atoms with Crippen LogP contribution in [0.1, 0.15) is 15.9 Å². The first-order valence-electron chi connectivity index (χ1n) is 6.41. The summed E-state index contributed by atoms with van der Waals surface area (Å²) in [5.74, 6) is -1.15. The van der Waals surface area contributed by atoms with Gasteiger partial charge < -0.3 is 4.74 Å². The number of carbonyl (C=O) groups is 1. The van der Waals surface area contributed by atoms with Gasteiger partial charge in [-0.1, -0.05) is 11.6 Å². The maximum absolute atomic E-state index is 14.0. The molecular weight excluding hydrogens is 345 g/mol. The molecular formula is C15H13ClFNO4S. The number of ketones is 1. The second kappa shape index (κ2) is 6.66. The van der Waals surface area contributed by atoms with E-state index in [2.05, 4.69) is 4.72 Å². The molecule has 0 bridgehead atoms. The number of halogens is 2. The van der Waals surface area contributed by atoms with Gasteiger partial charge in [0.25, 0.3) is 0 Å².